The highest BCUT2D eigenvalue weighted by molar-refractivity contribution is 5.38. The first-order valence-electron chi connectivity index (χ1n) is 4.88. The van der Waals surface area contributed by atoms with Crippen LogP contribution in [0.4, 0.5) is 19.0 Å². The van der Waals surface area contributed by atoms with Gasteiger partial charge in [-0.15, -0.1) is 13.2 Å². The standard InChI is InChI=1S/C10H13F3N2O2/c1-7(6-16-2)15-9-4-3-8(5-14-9)17-10(11,12)13/h3-5,7H,6H2,1-2H3,(H,14,15). The van der Waals surface area contributed by atoms with Crippen LogP contribution in [0.15, 0.2) is 18.3 Å². The lowest BCUT2D eigenvalue weighted by Gasteiger charge is -2.14. The van der Waals surface area contributed by atoms with Gasteiger partial charge < -0.3 is 14.8 Å². The molecule has 0 spiro atoms. The molecule has 7 heteroatoms. The lowest BCUT2D eigenvalue weighted by Crippen LogP contribution is -2.21. The van der Waals surface area contributed by atoms with Crippen molar-refractivity contribution in [3.05, 3.63) is 18.3 Å². The van der Waals surface area contributed by atoms with E-state index in [2.05, 4.69) is 15.0 Å². The number of hydrogen-bond acceptors (Lipinski definition) is 4. The maximum atomic E-state index is 11.9. The van der Waals surface area contributed by atoms with Crippen molar-refractivity contribution in [1.29, 1.82) is 0 Å². The molecule has 1 N–H and O–H groups in total. The van der Waals surface area contributed by atoms with Gasteiger partial charge in [0.05, 0.1) is 12.8 Å². The quantitative estimate of drug-likeness (QED) is 0.871. The van der Waals surface area contributed by atoms with Gasteiger partial charge in [-0.1, -0.05) is 0 Å². The molecule has 1 heterocycles. The molecule has 0 radical (unpaired) electrons. The normalized spacial score (nSPS) is 13.2. The Hall–Kier alpha value is -1.50. The van der Waals surface area contributed by atoms with Gasteiger partial charge in [0.15, 0.2) is 0 Å². The van der Waals surface area contributed by atoms with E-state index < -0.39 is 6.36 Å². The van der Waals surface area contributed by atoms with Crippen LogP contribution in [0.5, 0.6) is 5.75 Å². The molecule has 0 bridgehead atoms. The second kappa shape index (κ2) is 5.72. The molecule has 0 aliphatic carbocycles. The zero-order valence-electron chi connectivity index (χ0n) is 9.41. The van der Waals surface area contributed by atoms with Gasteiger partial charge in [0.25, 0.3) is 0 Å². The summed E-state index contributed by atoms with van der Waals surface area (Å²) in [6.45, 7) is 2.34. The molecule has 0 aliphatic rings. The predicted octanol–water partition coefficient (Wildman–Crippen LogP) is 2.43. The largest absolute Gasteiger partial charge is 0.573 e. The van der Waals surface area contributed by atoms with Crippen LogP contribution in [0.25, 0.3) is 0 Å². The summed E-state index contributed by atoms with van der Waals surface area (Å²) in [5.41, 5.74) is 0. The zero-order chi connectivity index (χ0) is 12.9. The summed E-state index contributed by atoms with van der Waals surface area (Å²) < 4.78 is 44.2. The number of rotatable bonds is 5. The van der Waals surface area contributed by atoms with E-state index in [1.165, 1.54) is 12.1 Å². The van der Waals surface area contributed by atoms with E-state index >= 15 is 0 Å². The van der Waals surface area contributed by atoms with Crippen LogP contribution in [0, 0.1) is 0 Å². The average Bonchev–Trinajstić information content (AvgIpc) is 2.19. The number of pyridine rings is 1. The molecular weight excluding hydrogens is 237 g/mol. The van der Waals surface area contributed by atoms with E-state index in [1.807, 2.05) is 6.92 Å². The zero-order valence-corrected chi connectivity index (χ0v) is 9.41. The van der Waals surface area contributed by atoms with Crippen LogP contribution >= 0.6 is 0 Å². The van der Waals surface area contributed by atoms with Crippen LogP contribution in [-0.4, -0.2) is 31.1 Å². The van der Waals surface area contributed by atoms with Gasteiger partial charge >= 0.3 is 6.36 Å². The summed E-state index contributed by atoms with van der Waals surface area (Å²) in [5, 5.41) is 2.96. The Kier molecular flexibility index (Phi) is 4.56. The minimum atomic E-state index is -4.69. The monoisotopic (exact) mass is 250 g/mol. The molecule has 1 aromatic heterocycles. The number of aromatic nitrogens is 1. The summed E-state index contributed by atoms with van der Waals surface area (Å²) in [6, 6.07) is 2.62. The Balaban J connectivity index is 2.56. The maximum absolute atomic E-state index is 11.9. The highest BCUT2D eigenvalue weighted by Crippen LogP contribution is 2.22. The maximum Gasteiger partial charge on any atom is 0.573 e. The van der Waals surface area contributed by atoms with Crippen molar-refractivity contribution in [2.75, 3.05) is 19.0 Å². The van der Waals surface area contributed by atoms with Crippen molar-refractivity contribution in [2.45, 2.75) is 19.3 Å². The van der Waals surface area contributed by atoms with Gasteiger partial charge in [-0.2, -0.15) is 0 Å². The van der Waals surface area contributed by atoms with E-state index in [1.54, 1.807) is 7.11 Å². The van der Waals surface area contributed by atoms with Gasteiger partial charge in [0.1, 0.15) is 11.6 Å². The number of alkyl halides is 3. The molecule has 0 aliphatic heterocycles. The molecule has 1 aromatic rings. The van der Waals surface area contributed by atoms with Crippen molar-refractivity contribution >= 4 is 5.82 Å². The minimum absolute atomic E-state index is 0.0156. The number of anilines is 1. The highest BCUT2D eigenvalue weighted by atomic mass is 19.4. The lowest BCUT2D eigenvalue weighted by atomic mass is 10.3. The first kappa shape index (κ1) is 13.6. The number of ether oxygens (including phenoxy) is 2. The van der Waals surface area contributed by atoms with Crippen molar-refractivity contribution in [3.8, 4) is 5.75 Å². The fourth-order valence-corrected chi connectivity index (χ4v) is 1.20. The van der Waals surface area contributed by atoms with Crippen LogP contribution in [0.2, 0.25) is 0 Å². The first-order valence-corrected chi connectivity index (χ1v) is 4.88. The van der Waals surface area contributed by atoms with E-state index in [4.69, 9.17) is 4.74 Å². The third-order valence-electron chi connectivity index (χ3n) is 1.78. The van der Waals surface area contributed by atoms with Crippen LogP contribution < -0.4 is 10.1 Å². The van der Waals surface area contributed by atoms with Crippen molar-refractivity contribution < 1.29 is 22.6 Å². The van der Waals surface area contributed by atoms with E-state index in [0.29, 0.717) is 12.4 Å². The van der Waals surface area contributed by atoms with E-state index in [0.717, 1.165) is 6.20 Å². The molecular formula is C10H13F3N2O2. The smallest absolute Gasteiger partial charge is 0.404 e. The fourth-order valence-electron chi connectivity index (χ4n) is 1.20. The second-order valence-electron chi connectivity index (χ2n) is 3.43. The molecule has 17 heavy (non-hydrogen) atoms. The van der Waals surface area contributed by atoms with Gasteiger partial charge in [0.2, 0.25) is 0 Å². The molecule has 1 unspecified atom stereocenters. The molecule has 0 saturated heterocycles. The third kappa shape index (κ3) is 5.39. The average molecular weight is 250 g/mol. The second-order valence-corrected chi connectivity index (χ2v) is 3.43. The van der Waals surface area contributed by atoms with E-state index in [9.17, 15) is 13.2 Å². The summed E-state index contributed by atoms with van der Waals surface area (Å²) >= 11 is 0. The van der Waals surface area contributed by atoms with Gasteiger partial charge in [-0.05, 0) is 19.1 Å². The molecule has 1 rings (SSSR count). The summed E-state index contributed by atoms with van der Waals surface area (Å²) in [6.07, 6.45) is -3.69. The third-order valence-corrected chi connectivity index (χ3v) is 1.78. The topological polar surface area (TPSA) is 43.4 Å². The number of nitrogens with zero attached hydrogens (tertiary/aromatic N) is 1. The van der Waals surface area contributed by atoms with Gasteiger partial charge in [0, 0.05) is 13.2 Å². The first-order chi connectivity index (χ1) is 7.90. The highest BCUT2D eigenvalue weighted by Gasteiger charge is 2.31. The molecule has 0 aromatic carbocycles. The molecule has 0 amide bonds. The van der Waals surface area contributed by atoms with Crippen molar-refractivity contribution in [2.24, 2.45) is 0 Å². The lowest BCUT2D eigenvalue weighted by molar-refractivity contribution is -0.274. The number of methoxy groups -OCH3 is 1. The van der Waals surface area contributed by atoms with Gasteiger partial charge in [-0.25, -0.2) is 4.98 Å². The number of nitrogens with one attached hydrogen (secondary N) is 1. The number of halogens is 3. The minimum Gasteiger partial charge on any atom is -0.404 e. The fraction of sp³-hybridized carbons (Fsp3) is 0.500. The van der Waals surface area contributed by atoms with Crippen LogP contribution in [-0.2, 0) is 4.74 Å². The summed E-state index contributed by atoms with van der Waals surface area (Å²) in [7, 11) is 1.56. The molecule has 0 fully saturated rings. The van der Waals surface area contributed by atoms with Crippen molar-refractivity contribution in [1.82, 2.24) is 4.98 Å². The van der Waals surface area contributed by atoms with E-state index in [-0.39, 0.29) is 11.8 Å². The Bertz CT molecular complexity index is 340. The predicted molar refractivity (Wildman–Crippen MR) is 55.9 cm³/mol. The van der Waals surface area contributed by atoms with Crippen molar-refractivity contribution in [3.63, 3.8) is 0 Å². The Labute approximate surface area is 96.7 Å². The summed E-state index contributed by atoms with van der Waals surface area (Å²) in [5.74, 6) is 0.117. The van der Waals surface area contributed by atoms with Crippen LogP contribution in [0.3, 0.4) is 0 Å². The molecule has 96 valence electrons. The molecule has 0 saturated carbocycles. The van der Waals surface area contributed by atoms with Gasteiger partial charge in [-0.3, -0.25) is 0 Å². The summed E-state index contributed by atoms with van der Waals surface area (Å²) in [4.78, 5) is 3.79. The Morgan fingerprint density at radius 2 is 2.12 bits per heavy atom. The molecule has 1 atom stereocenters. The molecule has 4 nitrogen and oxygen atoms in total. The number of hydrogen-bond donors (Lipinski definition) is 1. The Morgan fingerprint density at radius 3 is 2.59 bits per heavy atom. The van der Waals surface area contributed by atoms with Crippen LogP contribution in [0.1, 0.15) is 6.92 Å². The Morgan fingerprint density at radius 1 is 1.41 bits per heavy atom. The SMILES string of the molecule is COCC(C)Nc1ccc(OC(F)(F)F)cn1.